The molecule has 1 unspecified atom stereocenters. The molecule has 0 spiro atoms. The Kier molecular flexibility index (Phi) is 16.6. The number of hydrogen-bond acceptors (Lipinski definition) is 9. The zero-order chi connectivity index (χ0) is 30.7. The van der Waals surface area contributed by atoms with Crippen LogP contribution in [-0.2, 0) is 11.3 Å². The van der Waals surface area contributed by atoms with E-state index in [1.165, 1.54) is 30.7 Å². The molecule has 0 saturated carbocycles. The summed E-state index contributed by atoms with van der Waals surface area (Å²) in [6.45, 7) is 6.05. The summed E-state index contributed by atoms with van der Waals surface area (Å²) in [6, 6.07) is 11.1. The minimum Gasteiger partial charge on any atom is -0.506 e. The second kappa shape index (κ2) is 20.4. The van der Waals surface area contributed by atoms with Crippen LogP contribution in [0.5, 0.6) is 17.2 Å². The Bertz CT molecular complexity index is 1130. The molecule has 1 aliphatic heterocycles. The number of unbranched alkanes of at least 4 members (excludes halogenated alkanes) is 4. The minimum absolute atomic E-state index is 0.0325. The van der Waals surface area contributed by atoms with Crippen LogP contribution >= 0.6 is 21.6 Å². The number of amides is 1. The second-order valence-corrected chi connectivity index (χ2v) is 13.7. The number of nitrogens with one attached hydrogen (secondary N) is 2. The number of anilines is 1. The van der Waals surface area contributed by atoms with Gasteiger partial charge in [-0.05, 0) is 51.1 Å². The van der Waals surface area contributed by atoms with E-state index < -0.39 is 0 Å². The van der Waals surface area contributed by atoms with E-state index in [2.05, 4.69) is 33.5 Å². The van der Waals surface area contributed by atoms with Crippen molar-refractivity contribution in [3.63, 3.8) is 0 Å². The number of methoxy groups -OCH3 is 1. The number of carbonyl (C=O) groups excluding carboxylic acids is 1. The van der Waals surface area contributed by atoms with E-state index >= 15 is 0 Å². The Balaban J connectivity index is 1.26. The molecule has 3 rings (SSSR count). The summed E-state index contributed by atoms with van der Waals surface area (Å²) in [7, 11) is 5.68. The SMILES string of the molecule is CCN(CCC=Nc1cc(O)c(NCCCCCCNC(=O)CCCCC2CCSS2)cc1O)Cc1ccccc1OC. The number of hydrogen-bond donors (Lipinski definition) is 4. The first-order chi connectivity index (χ1) is 21.0. The van der Waals surface area contributed by atoms with Crippen LogP contribution in [0.4, 0.5) is 11.4 Å². The Hall–Kier alpha value is -2.56. The molecule has 1 amide bonds. The van der Waals surface area contributed by atoms with Gasteiger partial charge in [-0.15, -0.1) is 0 Å². The largest absolute Gasteiger partial charge is 0.506 e. The predicted octanol–water partition coefficient (Wildman–Crippen LogP) is 7.52. The van der Waals surface area contributed by atoms with Crippen molar-refractivity contribution in [3.05, 3.63) is 42.0 Å². The number of carbonyl (C=O) groups is 1. The van der Waals surface area contributed by atoms with Gasteiger partial charge in [0.15, 0.2) is 0 Å². The van der Waals surface area contributed by atoms with Gasteiger partial charge in [-0.1, -0.05) is 66.0 Å². The van der Waals surface area contributed by atoms with Gasteiger partial charge >= 0.3 is 0 Å². The topological polar surface area (TPSA) is 106 Å². The number of aliphatic imine (C=N–C) groups is 1. The third-order valence-corrected chi connectivity index (χ3v) is 10.6. The number of phenolic OH excluding ortho intramolecular Hbond substituents is 2. The number of para-hydroxylation sites is 1. The highest BCUT2D eigenvalue weighted by Gasteiger charge is 2.16. The average molecular weight is 631 g/mol. The minimum atomic E-state index is 0.0325. The average Bonchev–Trinajstić information content (AvgIpc) is 3.54. The summed E-state index contributed by atoms with van der Waals surface area (Å²) in [5.41, 5.74) is 2.00. The molecule has 1 heterocycles. The molecule has 0 aromatic heterocycles. The number of aromatic hydroxyl groups is 2. The van der Waals surface area contributed by atoms with Gasteiger partial charge in [-0.25, -0.2) is 0 Å². The maximum atomic E-state index is 12.0. The molecule has 238 valence electrons. The summed E-state index contributed by atoms with van der Waals surface area (Å²) >= 11 is 0. The number of ether oxygens (including phenoxy) is 1. The van der Waals surface area contributed by atoms with Crippen molar-refractivity contribution < 1.29 is 19.7 Å². The normalized spacial score (nSPS) is 14.9. The van der Waals surface area contributed by atoms with Gasteiger partial charge in [0.25, 0.3) is 0 Å². The van der Waals surface area contributed by atoms with Crippen LogP contribution < -0.4 is 15.4 Å². The van der Waals surface area contributed by atoms with Crippen LogP contribution in [0, 0.1) is 0 Å². The lowest BCUT2D eigenvalue weighted by molar-refractivity contribution is -0.121. The van der Waals surface area contributed by atoms with Gasteiger partial charge in [0.1, 0.15) is 22.9 Å². The van der Waals surface area contributed by atoms with Gasteiger partial charge in [0.2, 0.25) is 5.91 Å². The second-order valence-electron chi connectivity index (χ2n) is 10.9. The van der Waals surface area contributed by atoms with Crippen LogP contribution in [0.2, 0.25) is 0 Å². The maximum Gasteiger partial charge on any atom is 0.219 e. The molecule has 4 N–H and O–H groups in total. The van der Waals surface area contributed by atoms with Crippen LogP contribution in [0.25, 0.3) is 0 Å². The number of benzene rings is 2. The Morgan fingerprint density at radius 1 is 1.09 bits per heavy atom. The maximum absolute atomic E-state index is 12.0. The van der Waals surface area contributed by atoms with Crippen LogP contribution in [-0.4, -0.2) is 71.5 Å². The molecular weight excluding hydrogens is 581 g/mol. The Morgan fingerprint density at radius 3 is 2.67 bits per heavy atom. The Morgan fingerprint density at radius 2 is 1.91 bits per heavy atom. The monoisotopic (exact) mass is 630 g/mol. The van der Waals surface area contributed by atoms with E-state index in [0.29, 0.717) is 30.8 Å². The zero-order valence-electron chi connectivity index (χ0n) is 25.9. The molecular formula is C33H50N4O4S2. The first-order valence-corrected chi connectivity index (χ1v) is 18.1. The van der Waals surface area contributed by atoms with Crippen molar-refractivity contribution in [1.29, 1.82) is 0 Å². The van der Waals surface area contributed by atoms with Gasteiger partial charge < -0.3 is 25.6 Å². The molecule has 1 saturated heterocycles. The molecule has 2 aromatic carbocycles. The van der Waals surface area contributed by atoms with Crippen molar-refractivity contribution in [2.45, 2.75) is 82.9 Å². The van der Waals surface area contributed by atoms with Crippen LogP contribution in [0.3, 0.4) is 0 Å². The van der Waals surface area contributed by atoms with Crippen molar-refractivity contribution >= 4 is 45.1 Å². The molecule has 0 radical (unpaired) electrons. The van der Waals surface area contributed by atoms with E-state index in [0.717, 1.165) is 81.3 Å². The number of phenols is 2. The molecule has 2 aromatic rings. The lowest BCUT2D eigenvalue weighted by Crippen LogP contribution is -2.24. The molecule has 43 heavy (non-hydrogen) atoms. The lowest BCUT2D eigenvalue weighted by Gasteiger charge is -2.20. The molecule has 8 nitrogen and oxygen atoms in total. The van der Waals surface area contributed by atoms with E-state index in [1.807, 2.05) is 39.8 Å². The van der Waals surface area contributed by atoms with Crippen molar-refractivity contribution in [2.24, 2.45) is 4.99 Å². The molecule has 1 atom stereocenters. The van der Waals surface area contributed by atoms with Crippen molar-refractivity contribution in [2.75, 3.05) is 44.4 Å². The summed E-state index contributed by atoms with van der Waals surface area (Å²) in [4.78, 5) is 18.7. The van der Waals surface area contributed by atoms with Crippen molar-refractivity contribution in [1.82, 2.24) is 10.2 Å². The molecule has 1 aliphatic rings. The van der Waals surface area contributed by atoms with Gasteiger partial charge in [0.05, 0.1) is 12.8 Å². The standard InChI is InChI=1S/C33H50N4O4S2/c1-3-37(25-26-13-6-8-15-32(26)41-2)21-12-20-35-29-24-30(38)28(23-31(29)39)34-18-10-4-5-11-19-36-33(40)16-9-7-14-27-17-22-42-43-27/h6,8,13,15,20,23-24,27,34,38-39H,3-5,7,9-12,14,16-19,21-22,25H2,1-2H3,(H,36,40). The number of rotatable bonds is 21. The summed E-state index contributed by atoms with van der Waals surface area (Å²) in [5.74, 6) is 2.43. The first-order valence-electron chi connectivity index (χ1n) is 15.7. The van der Waals surface area contributed by atoms with Gasteiger partial charge in [-0.2, -0.15) is 0 Å². The molecule has 0 bridgehead atoms. The summed E-state index contributed by atoms with van der Waals surface area (Å²) in [6.07, 6.45) is 11.8. The lowest BCUT2D eigenvalue weighted by atomic mass is 10.1. The predicted molar refractivity (Wildman–Crippen MR) is 183 cm³/mol. The third kappa shape index (κ3) is 13.3. The van der Waals surface area contributed by atoms with Gasteiger partial charge in [0, 0.05) is 67.5 Å². The van der Waals surface area contributed by atoms with Gasteiger partial charge in [-0.3, -0.25) is 14.7 Å². The quantitative estimate of drug-likeness (QED) is 0.0369. The highest BCUT2D eigenvalue weighted by Crippen LogP contribution is 2.40. The molecule has 1 fully saturated rings. The van der Waals surface area contributed by atoms with E-state index in [-0.39, 0.29) is 17.4 Å². The fourth-order valence-electron chi connectivity index (χ4n) is 5.00. The number of nitrogens with zero attached hydrogens (tertiary/aromatic N) is 2. The summed E-state index contributed by atoms with van der Waals surface area (Å²) < 4.78 is 5.47. The fraction of sp³-hybridized carbons (Fsp3) is 0.576. The van der Waals surface area contributed by atoms with E-state index in [1.54, 1.807) is 13.3 Å². The highest BCUT2D eigenvalue weighted by molar-refractivity contribution is 8.77. The molecule has 0 aliphatic carbocycles. The third-order valence-electron chi connectivity index (χ3n) is 7.58. The van der Waals surface area contributed by atoms with Crippen LogP contribution in [0.1, 0.15) is 76.7 Å². The fourth-order valence-corrected chi connectivity index (χ4v) is 8.03. The smallest absolute Gasteiger partial charge is 0.219 e. The van der Waals surface area contributed by atoms with Crippen molar-refractivity contribution in [3.8, 4) is 17.2 Å². The highest BCUT2D eigenvalue weighted by atomic mass is 33.1. The van der Waals surface area contributed by atoms with E-state index in [9.17, 15) is 15.0 Å². The first kappa shape index (κ1) is 34.9. The van der Waals surface area contributed by atoms with E-state index in [4.69, 9.17) is 4.74 Å². The summed E-state index contributed by atoms with van der Waals surface area (Å²) in [5, 5.41) is 28.0. The van der Waals surface area contributed by atoms with Crippen LogP contribution in [0.15, 0.2) is 41.4 Å². The zero-order valence-corrected chi connectivity index (χ0v) is 27.5. The molecule has 10 heteroatoms. The Labute approximate surface area is 265 Å².